The molecular formula is C22H16N6O2. The van der Waals surface area contributed by atoms with Gasteiger partial charge in [-0.2, -0.15) is 0 Å². The first-order valence-corrected chi connectivity index (χ1v) is 9.38. The van der Waals surface area contributed by atoms with E-state index in [1.807, 2.05) is 54.6 Å². The first-order valence-electron chi connectivity index (χ1n) is 9.38. The van der Waals surface area contributed by atoms with Crippen LogP contribution in [0.2, 0.25) is 0 Å². The third-order valence-corrected chi connectivity index (χ3v) is 4.73. The standard InChI is InChI=1S/C22H16N6O2/c29-18-12-15-8-4-5-9-16(15)19(14-6-2-1-3-7-14)25-20(18)26-22-28-27-21(30-22)17-10-11-23-13-24-17/h1-11,13,20H,12H2,(H,26,28)/t20-/m1/s1. The lowest BCUT2D eigenvalue weighted by atomic mass is 9.96. The fourth-order valence-corrected chi connectivity index (χ4v) is 3.32. The molecule has 1 atom stereocenters. The predicted molar refractivity (Wildman–Crippen MR) is 110 cm³/mol. The number of rotatable bonds is 4. The highest BCUT2D eigenvalue weighted by Gasteiger charge is 2.27. The highest BCUT2D eigenvalue weighted by Crippen LogP contribution is 2.23. The van der Waals surface area contributed by atoms with Crippen LogP contribution in [0.4, 0.5) is 6.01 Å². The van der Waals surface area contributed by atoms with Gasteiger partial charge in [-0.25, -0.2) is 9.97 Å². The summed E-state index contributed by atoms with van der Waals surface area (Å²) in [7, 11) is 0. The van der Waals surface area contributed by atoms with E-state index in [4.69, 9.17) is 9.41 Å². The topological polar surface area (TPSA) is 106 Å². The molecule has 4 aromatic rings. The Bertz CT molecular complexity index is 1220. The monoisotopic (exact) mass is 396 g/mol. The zero-order chi connectivity index (χ0) is 20.3. The molecule has 0 spiro atoms. The van der Waals surface area contributed by atoms with E-state index in [0.29, 0.717) is 5.69 Å². The lowest BCUT2D eigenvalue weighted by molar-refractivity contribution is -0.119. The molecule has 0 bridgehead atoms. The average molecular weight is 396 g/mol. The van der Waals surface area contributed by atoms with Gasteiger partial charge in [-0.1, -0.05) is 59.7 Å². The summed E-state index contributed by atoms with van der Waals surface area (Å²) >= 11 is 0. The third-order valence-electron chi connectivity index (χ3n) is 4.73. The van der Waals surface area contributed by atoms with Crippen LogP contribution in [0.25, 0.3) is 11.6 Å². The molecule has 1 aliphatic rings. The fourth-order valence-electron chi connectivity index (χ4n) is 3.32. The predicted octanol–water partition coefficient (Wildman–Crippen LogP) is 2.93. The number of carbonyl (C=O) groups excluding carboxylic acids is 1. The van der Waals surface area contributed by atoms with Crippen LogP contribution < -0.4 is 5.32 Å². The van der Waals surface area contributed by atoms with E-state index in [0.717, 1.165) is 22.4 Å². The van der Waals surface area contributed by atoms with Gasteiger partial charge in [0.1, 0.15) is 12.0 Å². The summed E-state index contributed by atoms with van der Waals surface area (Å²) in [6, 6.07) is 19.4. The zero-order valence-electron chi connectivity index (χ0n) is 15.8. The fraction of sp³-hybridized carbons (Fsp3) is 0.0909. The normalized spacial score (nSPS) is 15.8. The molecule has 1 N–H and O–H groups in total. The number of hydrogen-bond donors (Lipinski definition) is 1. The summed E-state index contributed by atoms with van der Waals surface area (Å²) in [6.07, 6.45) is 2.38. The lowest BCUT2D eigenvalue weighted by Gasteiger charge is -2.11. The van der Waals surface area contributed by atoms with Crippen LogP contribution in [0, 0.1) is 0 Å². The number of Topliss-reactive ketones (excluding diaryl/α,β-unsaturated/α-hetero) is 1. The Kier molecular flexibility index (Phi) is 4.57. The van der Waals surface area contributed by atoms with Crippen molar-refractivity contribution in [3.8, 4) is 11.6 Å². The van der Waals surface area contributed by atoms with E-state index in [2.05, 4.69) is 25.5 Å². The minimum absolute atomic E-state index is 0.0878. The van der Waals surface area contributed by atoms with E-state index < -0.39 is 6.17 Å². The number of ketones is 1. The summed E-state index contributed by atoms with van der Waals surface area (Å²) in [5.41, 5.74) is 4.04. The van der Waals surface area contributed by atoms with E-state index in [1.165, 1.54) is 6.33 Å². The Morgan fingerprint density at radius 2 is 1.80 bits per heavy atom. The molecular weight excluding hydrogens is 380 g/mol. The zero-order valence-corrected chi connectivity index (χ0v) is 15.8. The van der Waals surface area contributed by atoms with Gasteiger partial charge in [0, 0.05) is 23.7 Å². The Morgan fingerprint density at radius 1 is 0.967 bits per heavy atom. The molecule has 2 aromatic heterocycles. The van der Waals surface area contributed by atoms with Gasteiger partial charge in [0.25, 0.3) is 5.89 Å². The van der Waals surface area contributed by atoms with Gasteiger partial charge in [0.15, 0.2) is 11.9 Å². The number of aliphatic imine (C=N–C) groups is 1. The summed E-state index contributed by atoms with van der Waals surface area (Å²) in [4.78, 5) is 25.7. The van der Waals surface area contributed by atoms with Crippen molar-refractivity contribution in [3.05, 3.63) is 89.9 Å². The van der Waals surface area contributed by atoms with Crippen molar-refractivity contribution >= 4 is 17.5 Å². The number of nitrogens with one attached hydrogen (secondary N) is 1. The number of anilines is 1. The molecule has 0 amide bonds. The Hall–Kier alpha value is -4.20. The number of aromatic nitrogens is 4. The summed E-state index contributed by atoms with van der Waals surface area (Å²) in [5, 5.41) is 11.0. The van der Waals surface area contributed by atoms with E-state index in [9.17, 15) is 4.79 Å². The van der Waals surface area contributed by atoms with Crippen molar-refractivity contribution in [2.24, 2.45) is 4.99 Å². The average Bonchev–Trinajstić information content (AvgIpc) is 3.21. The smallest absolute Gasteiger partial charge is 0.317 e. The number of hydrogen-bond acceptors (Lipinski definition) is 8. The first kappa shape index (κ1) is 17.9. The van der Waals surface area contributed by atoms with Gasteiger partial charge in [0.05, 0.1) is 5.71 Å². The second-order valence-electron chi connectivity index (χ2n) is 6.70. The molecule has 2 aromatic carbocycles. The number of benzene rings is 2. The maximum absolute atomic E-state index is 13.0. The van der Waals surface area contributed by atoms with Gasteiger partial charge >= 0.3 is 6.01 Å². The van der Waals surface area contributed by atoms with Crippen molar-refractivity contribution < 1.29 is 9.21 Å². The van der Waals surface area contributed by atoms with Crippen molar-refractivity contribution in [1.82, 2.24) is 20.2 Å². The molecule has 0 aliphatic carbocycles. The molecule has 0 unspecified atom stereocenters. The highest BCUT2D eigenvalue weighted by molar-refractivity contribution is 6.16. The molecule has 8 nitrogen and oxygen atoms in total. The van der Waals surface area contributed by atoms with Crippen molar-refractivity contribution in [1.29, 1.82) is 0 Å². The second-order valence-corrected chi connectivity index (χ2v) is 6.70. The van der Waals surface area contributed by atoms with Gasteiger partial charge in [0.2, 0.25) is 0 Å². The van der Waals surface area contributed by atoms with Crippen molar-refractivity contribution in [3.63, 3.8) is 0 Å². The SMILES string of the molecule is O=C1Cc2ccccc2C(c2ccccc2)=N[C@@H]1Nc1nnc(-c2ccncn2)o1. The molecule has 8 heteroatoms. The molecule has 5 rings (SSSR count). The van der Waals surface area contributed by atoms with Crippen LogP contribution in [0.1, 0.15) is 16.7 Å². The largest absolute Gasteiger partial charge is 0.402 e. The molecule has 30 heavy (non-hydrogen) atoms. The van der Waals surface area contributed by atoms with Gasteiger partial charge < -0.3 is 9.73 Å². The van der Waals surface area contributed by atoms with Crippen LogP contribution in [0.15, 0.2) is 82.6 Å². The molecule has 0 saturated carbocycles. The molecule has 146 valence electrons. The minimum atomic E-state index is -0.855. The third kappa shape index (κ3) is 3.46. The summed E-state index contributed by atoms with van der Waals surface area (Å²) in [6.45, 7) is 0. The lowest BCUT2D eigenvalue weighted by Crippen LogP contribution is -2.29. The second kappa shape index (κ2) is 7.67. The summed E-state index contributed by atoms with van der Waals surface area (Å²) in [5.74, 6) is 0.145. The Labute approximate surface area is 171 Å². The van der Waals surface area contributed by atoms with E-state index in [-0.39, 0.29) is 24.1 Å². The number of fused-ring (bicyclic) bond motifs is 1. The molecule has 1 aliphatic heterocycles. The van der Waals surface area contributed by atoms with Crippen molar-refractivity contribution in [2.75, 3.05) is 5.32 Å². The molecule has 0 fully saturated rings. The van der Waals surface area contributed by atoms with E-state index >= 15 is 0 Å². The molecule has 3 heterocycles. The number of nitrogens with zero attached hydrogens (tertiary/aromatic N) is 5. The van der Waals surface area contributed by atoms with E-state index in [1.54, 1.807) is 12.3 Å². The van der Waals surface area contributed by atoms with Crippen LogP contribution in [0.5, 0.6) is 0 Å². The Balaban J connectivity index is 1.51. The Morgan fingerprint density at radius 3 is 2.63 bits per heavy atom. The quantitative estimate of drug-likeness (QED) is 0.565. The highest BCUT2D eigenvalue weighted by atomic mass is 16.4. The van der Waals surface area contributed by atoms with Gasteiger partial charge in [-0.05, 0) is 11.6 Å². The van der Waals surface area contributed by atoms with Crippen LogP contribution in [0.3, 0.4) is 0 Å². The van der Waals surface area contributed by atoms with Gasteiger partial charge in [-0.15, -0.1) is 5.10 Å². The molecule has 0 radical (unpaired) electrons. The van der Waals surface area contributed by atoms with Crippen LogP contribution in [-0.2, 0) is 11.2 Å². The maximum Gasteiger partial charge on any atom is 0.317 e. The number of carbonyl (C=O) groups is 1. The maximum atomic E-state index is 13.0. The van der Waals surface area contributed by atoms with Crippen LogP contribution >= 0.6 is 0 Å². The molecule has 0 saturated heterocycles. The summed E-state index contributed by atoms with van der Waals surface area (Å²) < 4.78 is 5.63. The van der Waals surface area contributed by atoms with Crippen LogP contribution in [-0.4, -0.2) is 37.8 Å². The van der Waals surface area contributed by atoms with Gasteiger partial charge in [-0.3, -0.25) is 9.79 Å². The minimum Gasteiger partial charge on any atom is -0.402 e. The van der Waals surface area contributed by atoms with Crippen molar-refractivity contribution in [2.45, 2.75) is 12.6 Å². The first-order chi connectivity index (χ1) is 14.8.